The third kappa shape index (κ3) is 4.01. The highest BCUT2D eigenvalue weighted by Gasteiger charge is 2.17. The topological polar surface area (TPSA) is 80.1 Å². The molecule has 0 radical (unpaired) electrons. The number of nitrogens with zero attached hydrogens (tertiary/aromatic N) is 4. The van der Waals surface area contributed by atoms with Crippen molar-refractivity contribution < 1.29 is 8.42 Å². The van der Waals surface area contributed by atoms with E-state index >= 15 is 0 Å². The molecular formula is C15H23N5O2S. The van der Waals surface area contributed by atoms with Crippen LogP contribution in [0.4, 0.5) is 11.5 Å². The molecule has 126 valence electrons. The Morgan fingerprint density at radius 1 is 1.22 bits per heavy atom. The van der Waals surface area contributed by atoms with E-state index in [4.69, 9.17) is 0 Å². The predicted molar refractivity (Wildman–Crippen MR) is 91.2 cm³/mol. The average molecular weight is 337 g/mol. The van der Waals surface area contributed by atoms with Crippen LogP contribution < -0.4 is 9.62 Å². The highest BCUT2D eigenvalue weighted by atomic mass is 32.2. The Morgan fingerprint density at radius 2 is 1.91 bits per heavy atom. The normalized spacial score (nSPS) is 11.7. The number of hydrogen-bond donors (Lipinski definition) is 1. The molecule has 0 aliphatic heterocycles. The number of nitrogens with one attached hydrogen (secondary N) is 1. The van der Waals surface area contributed by atoms with E-state index in [1.54, 1.807) is 10.7 Å². The first-order valence-corrected chi connectivity index (χ1v) is 9.13. The first-order chi connectivity index (χ1) is 10.9. The Morgan fingerprint density at radius 3 is 2.39 bits per heavy atom. The molecule has 7 nitrogen and oxygen atoms in total. The lowest BCUT2D eigenvalue weighted by Gasteiger charge is -2.19. The van der Waals surface area contributed by atoms with E-state index in [2.05, 4.69) is 19.7 Å². The highest BCUT2D eigenvalue weighted by molar-refractivity contribution is 7.92. The van der Waals surface area contributed by atoms with E-state index < -0.39 is 10.0 Å². The van der Waals surface area contributed by atoms with E-state index in [0.717, 1.165) is 18.9 Å². The lowest BCUT2D eigenvalue weighted by atomic mass is 10.4. The fourth-order valence-electron chi connectivity index (χ4n) is 2.14. The fraction of sp³-hybridized carbons (Fsp3) is 0.467. The molecule has 1 N–H and O–H groups in total. The maximum atomic E-state index is 12.4. The van der Waals surface area contributed by atoms with Crippen molar-refractivity contribution in [1.82, 2.24) is 14.8 Å². The van der Waals surface area contributed by atoms with Gasteiger partial charge in [-0.1, -0.05) is 0 Å². The second-order valence-corrected chi connectivity index (χ2v) is 7.12. The zero-order valence-corrected chi connectivity index (χ0v) is 14.7. The molecule has 0 amide bonds. The van der Waals surface area contributed by atoms with E-state index in [1.165, 1.54) is 18.6 Å². The molecule has 0 aromatic carbocycles. The van der Waals surface area contributed by atoms with Crippen molar-refractivity contribution in [2.75, 3.05) is 22.7 Å². The minimum absolute atomic E-state index is 0.106. The van der Waals surface area contributed by atoms with Crippen molar-refractivity contribution in [2.45, 2.75) is 38.6 Å². The van der Waals surface area contributed by atoms with Crippen LogP contribution in [-0.4, -0.2) is 36.3 Å². The second kappa shape index (κ2) is 6.99. The molecule has 2 aromatic heterocycles. The molecule has 0 bridgehead atoms. The maximum Gasteiger partial charge on any atom is 0.265 e. The van der Waals surface area contributed by atoms with Crippen LogP contribution in [0.3, 0.4) is 0 Å². The smallest absolute Gasteiger partial charge is 0.265 e. The van der Waals surface area contributed by atoms with Crippen LogP contribution >= 0.6 is 0 Å². The van der Waals surface area contributed by atoms with Crippen LogP contribution in [0.25, 0.3) is 0 Å². The van der Waals surface area contributed by atoms with Gasteiger partial charge in [-0.05, 0) is 39.8 Å². The largest absolute Gasteiger partial charge is 0.357 e. The summed E-state index contributed by atoms with van der Waals surface area (Å²) in [5.41, 5.74) is 0.429. The minimum Gasteiger partial charge on any atom is -0.357 e. The zero-order valence-electron chi connectivity index (χ0n) is 13.9. The number of rotatable bonds is 7. The van der Waals surface area contributed by atoms with E-state index in [1.807, 2.05) is 33.8 Å². The molecule has 2 heterocycles. The molecule has 2 aromatic rings. The maximum absolute atomic E-state index is 12.4. The van der Waals surface area contributed by atoms with Gasteiger partial charge < -0.3 is 4.90 Å². The monoisotopic (exact) mass is 337 g/mol. The van der Waals surface area contributed by atoms with Gasteiger partial charge in [-0.2, -0.15) is 5.10 Å². The Bertz CT molecular complexity index is 733. The van der Waals surface area contributed by atoms with Gasteiger partial charge in [0, 0.05) is 25.3 Å². The Kier molecular flexibility index (Phi) is 5.25. The quantitative estimate of drug-likeness (QED) is 0.839. The van der Waals surface area contributed by atoms with Crippen LogP contribution in [-0.2, 0) is 10.0 Å². The zero-order chi connectivity index (χ0) is 17.0. The van der Waals surface area contributed by atoms with Gasteiger partial charge in [0.05, 0.1) is 18.1 Å². The molecule has 0 aliphatic carbocycles. The van der Waals surface area contributed by atoms with Crippen LogP contribution in [0, 0.1) is 0 Å². The summed E-state index contributed by atoms with van der Waals surface area (Å²) < 4.78 is 28.9. The second-order valence-electron chi connectivity index (χ2n) is 5.43. The predicted octanol–water partition coefficient (Wildman–Crippen LogP) is 2.51. The molecule has 0 saturated heterocycles. The third-order valence-corrected chi connectivity index (χ3v) is 4.84. The van der Waals surface area contributed by atoms with E-state index in [9.17, 15) is 8.42 Å². The average Bonchev–Trinajstić information content (AvgIpc) is 3.01. The molecule has 2 rings (SSSR count). The van der Waals surface area contributed by atoms with Crippen LogP contribution in [0.5, 0.6) is 0 Å². The van der Waals surface area contributed by atoms with Crippen molar-refractivity contribution in [2.24, 2.45) is 0 Å². The van der Waals surface area contributed by atoms with Crippen LogP contribution in [0.2, 0.25) is 0 Å². The first-order valence-electron chi connectivity index (χ1n) is 7.65. The summed E-state index contributed by atoms with van der Waals surface area (Å²) in [6, 6.07) is 3.63. The molecule has 0 fully saturated rings. The summed E-state index contributed by atoms with van der Waals surface area (Å²) in [6.07, 6.45) is 4.39. The Balaban J connectivity index is 2.16. The van der Waals surface area contributed by atoms with Gasteiger partial charge >= 0.3 is 0 Å². The lowest BCUT2D eigenvalue weighted by molar-refractivity contribution is 0.531. The van der Waals surface area contributed by atoms with Crippen molar-refractivity contribution >= 4 is 21.5 Å². The van der Waals surface area contributed by atoms with Crippen LogP contribution in [0.15, 0.2) is 35.6 Å². The van der Waals surface area contributed by atoms with Gasteiger partial charge in [-0.3, -0.25) is 9.40 Å². The van der Waals surface area contributed by atoms with Gasteiger partial charge in [0.15, 0.2) is 0 Å². The first kappa shape index (κ1) is 17.3. The number of sulfonamides is 1. The van der Waals surface area contributed by atoms with Gasteiger partial charge in [0.1, 0.15) is 10.7 Å². The number of aromatic nitrogens is 3. The van der Waals surface area contributed by atoms with Gasteiger partial charge in [-0.15, -0.1) is 0 Å². The standard InChI is InChI=1S/C15H23N5O2S/c1-5-19(6-2)15-8-7-13(9-16-15)18-23(21,22)14-10-17-20(11-14)12(3)4/h7-12,18H,5-6H2,1-4H3. The SMILES string of the molecule is CCN(CC)c1ccc(NS(=O)(=O)c2cnn(C(C)C)c2)cn1. The van der Waals surface area contributed by atoms with Crippen molar-refractivity contribution in [3.05, 3.63) is 30.7 Å². The highest BCUT2D eigenvalue weighted by Crippen LogP contribution is 2.18. The summed E-state index contributed by atoms with van der Waals surface area (Å²) in [6.45, 7) is 9.67. The van der Waals surface area contributed by atoms with Gasteiger partial charge in [0.2, 0.25) is 0 Å². The molecule has 8 heteroatoms. The fourth-order valence-corrected chi connectivity index (χ4v) is 3.12. The number of hydrogen-bond acceptors (Lipinski definition) is 5. The summed E-state index contributed by atoms with van der Waals surface area (Å²) in [5.74, 6) is 0.825. The third-order valence-electron chi connectivity index (χ3n) is 3.50. The van der Waals surface area contributed by atoms with Crippen molar-refractivity contribution in [1.29, 1.82) is 0 Å². The van der Waals surface area contributed by atoms with Crippen molar-refractivity contribution in [3.63, 3.8) is 0 Å². The Hall–Kier alpha value is -2.09. The lowest BCUT2D eigenvalue weighted by Crippen LogP contribution is -2.22. The van der Waals surface area contributed by atoms with E-state index in [-0.39, 0.29) is 10.9 Å². The van der Waals surface area contributed by atoms with E-state index in [0.29, 0.717) is 5.69 Å². The van der Waals surface area contributed by atoms with Crippen molar-refractivity contribution in [3.8, 4) is 0 Å². The molecule has 0 saturated carbocycles. The number of pyridine rings is 1. The molecular weight excluding hydrogens is 314 g/mol. The minimum atomic E-state index is -3.66. The molecule has 0 aliphatic rings. The summed E-state index contributed by atoms with van der Waals surface area (Å²) >= 11 is 0. The molecule has 0 atom stereocenters. The summed E-state index contributed by atoms with van der Waals surface area (Å²) in [7, 11) is -3.66. The summed E-state index contributed by atoms with van der Waals surface area (Å²) in [5, 5.41) is 4.06. The van der Waals surface area contributed by atoms with Gasteiger partial charge in [0.25, 0.3) is 10.0 Å². The van der Waals surface area contributed by atoms with Gasteiger partial charge in [-0.25, -0.2) is 13.4 Å². The molecule has 23 heavy (non-hydrogen) atoms. The molecule has 0 unspecified atom stereocenters. The molecule has 0 spiro atoms. The van der Waals surface area contributed by atoms with Crippen LogP contribution in [0.1, 0.15) is 33.7 Å². The number of anilines is 2. The summed E-state index contributed by atoms with van der Waals surface area (Å²) in [4.78, 5) is 6.54. The Labute approximate surface area is 137 Å².